The van der Waals surface area contributed by atoms with Gasteiger partial charge in [0.1, 0.15) is 18.8 Å². The topological polar surface area (TPSA) is 68.8 Å². The van der Waals surface area contributed by atoms with E-state index in [1.165, 1.54) is 0 Å². The Bertz CT molecular complexity index is 514. The molecule has 1 aromatic carbocycles. The Kier molecular flexibility index (Phi) is 5.88. The molecule has 1 unspecified atom stereocenters. The van der Waals surface area contributed by atoms with Gasteiger partial charge >= 0.3 is 0 Å². The van der Waals surface area contributed by atoms with Crippen molar-refractivity contribution in [3.05, 3.63) is 24.3 Å². The number of hydrogen-bond donors (Lipinski definition) is 2. The fourth-order valence-corrected chi connectivity index (χ4v) is 2.52. The highest BCUT2D eigenvalue weighted by Crippen LogP contribution is 2.30. The molecule has 0 saturated carbocycles. The fraction of sp³-hybridized carbons (Fsp3) is 0.533. The third-order valence-electron chi connectivity index (χ3n) is 3.67. The molecule has 0 aromatic heterocycles. The maximum Gasteiger partial charge on any atom is 0.239 e. The Labute approximate surface area is 135 Å². The second-order valence-electron chi connectivity index (χ2n) is 5.25. The summed E-state index contributed by atoms with van der Waals surface area (Å²) in [7, 11) is 0. The van der Waals surface area contributed by atoms with E-state index in [9.17, 15) is 4.79 Å². The Morgan fingerprint density at radius 2 is 2.14 bits per heavy atom. The molecule has 3 atom stereocenters. The molecule has 2 aliphatic heterocycles. The zero-order chi connectivity index (χ0) is 14.7. The smallest absolute Gasteiger partial charge is 0.239 e. The van der Waals surface area contributed by atoms with Crippen LogP contribution in [0.15, 0.2) is 24.3 Å². The lowest BCUT2D eigenvalue weighted by molar-refractivity contribution is -0.129. The first kappa shape index (κ1) is 16.9. The number of benzene rings is 1. The van der Waals surface area contributed by atoms with Crippen molar-refractivity contribution < 1.29 is 19.0 Å². The molecule has 2 N–H and O–H groups in total. The zero-order valence-electron chi connectivity index (χ0n) is 12.4. The summed E-state index contributed by atoms with van der Waals surface area (Å²) in [5.41, 5.74) is 0. The molecule has 0 bridgehead atoms. The highest BCUT2D eigenvalue weighted by molar-refractivity contribution is 5.85. The number of ether oxygens (including phenoxy) is 3. The van der Waals surface area contributed by atoms with Gasteiger partial charge in [0.25, 0.3) is 0 Å². The number of para-hydroxylation sites is 2. The first-order valence-corrected chi connectivity index (χ1v) is 7.25. The molecular formula is C15H21ClN2O4. The summed E-state index contributed by atoms with van der Waals surface area (Å²) in [5, 5.41) is 6.06. The lowest BCUT2D eigenvalue weighted by Crippen LogP contribution is -2.56. The molecule has 2 heterocycles. The molecule has 1 amide bonds. The van der Waals surface area contributed by atoms with Crippen molar-refractivity contribution >= 4 is 18.3 Å². The first-order valence-electron chi connectivity index (χ1n) is 7.25. The zero-order valence-corrected chi connectivity index (χ0v) is 13.2. The standard InChI is InChI=1S/C15H20N2O4.ClH/c1-10-14(16-6-7-19-10)15(18)17-8-11-9-20-12-4-2-3-5-13(12)21-11;/h2-5,10-11,14,16H,6-9H2,1H3,(H,17,18);1H/t10-,11?,14+;/m1./s1. The van der Waals surface area contributed by atoms with Crippen LogP contribution in [0, 0.1) is 0 Å². The molecule has 3 rings (SSSR count). The molecule has 2 aliphatic rings. The summed E-state index contributed by atoms with van der Waals surface area (Å²) >= 11 is 0. The lowest BCUT2D eigenvalue weighted by atomic mass is 10.1. The summed E-state index contributed by atoms with van der Waals surface area (Å²) in [6.45, 7) is 4.08. The molecule has 7 heteroatoms. The van der Waals surface area contributed by atoms with Gasteiger partial charge in [-0.15, -0.1) is 12.4 Å². The Morgan fingerprint density at radius 3 is 2.91 bits per heavy atom. The molecule has 1 aromatic rings. The van der Waals surface area contributed by atoms with Crippen LogP contribution in [-0.2, 0) is 9.53 Å². The largest absolute Gasteiger partial charge is 0.486 e. The lowest BCUT2D eigenvalue weighted by Gasteiger charge is -2.30. The fourth-order valence-electron chi connectivity index (χ4n) is 2.52. The summed E-state index contributed by atoms with van der Waals surface area (Å²) in [6, 6.07) is 7.22. The van der Waals surface area contributed by atoms with Crippen LogP contribution in [0.25, 0.3) is 0 Å². The molecule has 22 heavy (non-hydrogen) atoms. The van der Waals surface area contributed by atoms with Gasteiger partial charge < -0.3 is 24.8 Å². The van der Waals surface area contributed by atoms with Crippen molar-refractivity contribution in [1.82, 2.24) is 10.6 Å². The van der Waals surface area contributed by atoms with Gasteiger partial charge in [-0.25, -0.2) is 0 Å². The van der Waals surface area contributed by atoms with Gasteiger partial charge in [-0.2, -0.15) is 0 Å². The van der Waals surface area contributed by atoms with Crippen molar-refractivity contribution in [1.29, 1.82) is 0 Å². The molecule has 6 nitrogen and oxygen atoms in total. The van der Waals surface area contributed by atoms with E-state index in [-0.39, 0.29) is 36.6 Å². The number of carbonyl (C=O) groups is 1. The van der Waals surface area contributed by atoms with E-state index in [0.29, 0.717) is 26.3 Å². The Hall–Kier alpha value is -1.50. The molecule has 1 fully saturated rings. The Morgan fingerprint density at radius 1 is 1.36 bits per heavy atom. The third-order valence-corrected chi connectivity index (χ3v) is 3.67. The summed E-state index contributed by atoms with van der Waals surface area (Å²) < 4.78 is 16.9. The van der Waals surface area contributed by atoms with Crippen LogP contribution in [-0.4, -0.2) is 50.5 Å². The normalized spacial score (nSPS) is 26.7. The number of nitrogens with one attached hydrogen (secondary N) is 2. The first-order chi connectivity index (χ1) is 10.2. The maximum atomic E-state index is 12.1. The van der Waals surface area contributed by atoms with Gasteiger partial charge in [-0.3, -0.25) is 4.79 Å². The van der Waals surface area contributed by atoms with Gasteiger partial charge in [-0.1, -0.05) is 12.1 Å². The van der Waals surface area contributed by atoms with Crippen molar-refractivity contribution in [3.63, 3.8) is 0 Å². The molecule has 0 spiro atoms. The molecular weight excluding hydrogens is 308 g/mol. The molecule has 122 valence electrons. The number of amides is 1. The molecule has 1 saturated heterocycles. The highest BCUT2D eigenvalue weighted by Gasteiger charge is 2.29. The van der Waals surface area contributed by atoms with E-state index in [2.05, 4.69) is 10.6 Å². The molecule has 0 radical (unpaired) electrons. The van der Waals surface area contributed by atoms with Crippen molar-refractivity contribution in [2.24, 2.45) is 0 Å². The average molecular weight is 329 g/mol. The maximum absolute atomic E-state index is 12.1. The van der Waals surface area contributed by atoms with E-state index < -0.39 is 0 Å². The summed E-state index contributed by atoms with van der Waals surface area (Å²) in [5.74, 6) is 1.40. The van der Waals surface area contributed by atoms with Gasteiger partial charge in [0.15, 0.2) is 11.5 Å². The van der Waals surface area contributed by atoms with E-state index >= 15 is 0 Å². The number of carbonyl (C=O) groups excluding carboxylic acids is 1. The van der Waals surface area contributed by atoms with Crippen LogP contribution in [0.4, 0.5) is 0 Å². The number of fused-ring (bicyclic) bond motifs is 1. The molecule has 0 aliphatic carbocycles. The van der Waals surface area contributed by atoms with E-state index in [4.69, 9.17) is 14.2 Å². The van der Waals surface area contributed by atoms with Gasteiger partial charge in [0.2, 0.25) is 5.91 Å². The van der Waals surface area contributed by atoms with Crippen LogP contribution < -0.4 is 20.1 Å². The van der Waals surface area contributed by atoms with Gasteiger partial charge in [0, 0.05) is 6.54 Å². The predicted molar refractivity (Wildman–Crippen MR) is 83.8 cm³/mol. The second kappa shape index (κ2) is 7.67. The monoisotopic (exact) mass is 328 g/mol. The number of hydrogen-bond acceptors (Lipinski definition) is 5. The van der Waals surface area contributed by atoms with Gasteiger partial charge in [-0.05, 0) is 19.1 Å². The van der Waals surface area contributed by atoms with Crippen LogP contribution in [0.1, 0.15) is 6.92 Å². The van der Waals surface area contributed by atoms with E-state index in [1.54, 1.807) is 0 Å². The Balaban J connectivity index is 0.00000176. The summed E-state index contributed by atoms with van der Waals surface area (Å²) in [4.78, 5) is 12.1. The minimum absolute atomic E-state index is 0. The van der Waals surface area contributed by atoms with E-state index in [0.717, 1.165) is 11.5 Å². The predicted octanol–water partition coefficient (Wildman–Crippen LogP) is 0.741. The highest BCUT2D eigenvalue weighted by atomic mass is 35.5. The number of halogens is 1. The summed E-state index contributed by atoms with van der Waals surface area (Å²) in [6.07, 6.45) is -0.299. The van der Waals surface area contributed by atoms with Crippen molar-refractivity contribution in [2.75, 3.05) is 26.3 Å². The SMILES string of the molecule is C[C@H]1OCCN[C@@H]1C(=O)NCC1COc2ccccc2O1.Cl. The van der Waals surface area contributed by atoms with Crippen LogP contribution >= 0.6 is 12.4 Å². The minimum Gasteiger partial charge on any atom is -0.486 e. The number of rotatable bonds is 3. The van der Waals surface area contributed by atoms with Crippen molar-refractivity contribution in [2.45, 2.75) is 25.2 Å². The minimum atomic E-state index is -0.310. The average Bonchev–Trinajstić information content (AvgIpc) is 2.53. The van der Waals surface area contributed by atoms with Crippen LogP contribution in [0.2, 0.25) is 0 Å². The van der Waals surface area contributed by atoms with Gasteiger partial charge in [0.05, 0.1) is 19.3 Å². The number of morpholine rings is 1. The van der Waals surface area contributed by atoms with Crippen LogP contribution in [0.3, 0.4) is 0 Å². The third kappa shape index (κ3) is 3.82. The van der Waals surface area contributed by atoms with E-state index in [1.807, 2.05) is 31.2 Å². The quantitative estimate of drug-likeness (QED) is 0.856. The van der Waals surface area contributed by atoms with Crippen molar-refractivity contribution in [3.8, 4) is 11.5 Å². The second-order valence-corrected chi connectivity index (χ2v) is 5.25. The van der Waals surface area contributed by atoms with Crippen LogP contribution in [0.5, 0.6) is 11.5 Å².